The predicted octanol–water partition coefficient (Wildman–Crippen LogP) is 4.16. The Labute approximate surface area is 97.2 Å². The lowest BCUT2D eigenvalue weighted by Crippen LogP contribution is -2.29. The van der Waals surface area contributed by atoms with E-state index in [1.807, 2.05) is 0 Å². The Morgan fingerprint density at radius 2 is 1.38 bits per heavy atom. The normalized spacial score (nSPS) is 11.6. The van der Waals surface area contributed by atoms with Crippen molar-refractivity contribution in [3.8, 4) is 5.75 Å². The Morgan fingerprint density at radius 3 is 1.75 bits per heavy atom. The van der Waals surface area contributed by atoms with Gasteiger partial charge < -0.3 is 4.43 Å². The third-order valence-corrected chi connectivity index (χ3v) is 4.96. The van der Waals surface area contributed by atoms with Gasteiger partial charge in [0.1, 0.15) is 17.4 Å². The van der Waals surface area contributed by atoms with Crippen LogP contribution < -0.4 is 4.43 Å². The molecule has 1 nitrogen and oxygen atoms in total. The topological polar surface area (TPSA) is 9.23 Å². The number of hydrogen-bond donors (Lipinski definition) is 0. The lowest BCUT2D eigenvalue weighted by atomic mass is 10.3. The van der Waals surface area contributed by atoms with Gasteiger partial charge in [-0.2, -0.15) is 0 Å². The maximum Gasteiger partial charge on any atom is 0.286 e. The van der Waals surface area contributed by atoms with Crippen LogP contribution >= 0.6 is 0 Å². The lowest BCUT2D eigenvalue weighted by molar-refractivity contribution is 0.512. The van der Waals surface area contributed by atoms with Crippen LogP contribution in [0.2, 0.25) is 11.1 Å². The molecule has 16 heavy (non-hydrogen) atoms. The molecular weight excluding hydrogens is 226 g/mol. The second-order valence-corrected chi connectivity index (χ2v) is 7.74. The summed E-state index contributed by atoms with van der Waals surface area (Å²) in [6, 6.07) is 3.32. The zero-order valence-electron chi connectivity index (χ0n) is 10.1. The van der Waals surface area contributed by atoms with Crippen LogP contribution in [-0.4, -0.2) is 9.04 Å². The van der Waals surface area contributed by atoms with E-state index in [1.165, 1.54) is 12.1 Å². The second kappa shape index (κ2) is 5.43. The SMILES string of the molecule is CC(C)[Si](Oc1cc(F)cc(F)c1)C(C)C. The van der Waals surface area contributed by atoms with Crippen molar-refractivity contribution in [2.24, 2.45) is 0 Å². The van der Waals surface area contributed by atoms with Crippen molar-refractivity contribution in [3.05, 3.63) is 29.8 Å². The van der Waals surface area contributed by atoms with Crippen LogP contribution in [0.4, 0.5) is 8.78 Å². The Bertz CT molecular complexity index is 325. The molecule has 1 radical (unpaired) electrons. The van der Waals surface area contributed by atoms with Gasteiger partial charge in [0.05, 0.1) is 0 Å². The van der Waals surface area contributed by atoms with Gasteiger partial charge in [-0.1, -0.05) is 27.7 Å². The molecule has 0 amide bonds. The number of benzene rings is 1. The highest BCUT2D eigenvalue weighted by molar-refractivity contribution is 6.55. The van der Waals surface area contributed by atoms with E-state index in [4.69, 9.17) is 4.43 Å². The molecule has 0 saturated carbocycles. The van der Waals surface area contributed by atoms with E-state index in [0.29, 0.717) is 16.8 Å². The maximum absolute atomic E-state index is 13.0. The Hall–Kier alpha value is -0.903. The first-order chi connectivity index (χ1) is 7.40. The van der Waals surface area contributed by atoms with Crippen molar-refractivity contribution in [1.29, 1.82) is 0 Å². The predicted molar refractivity (Wildman–Crippen MR) is 62.9 cm³/mol. The molecule has 0 aromatic heterocycles. The lowest BCUT2D eigenvalue weighted by Gasteiger charge is -2.23. The largest absolute Gasteiger partial charge is 0.541 e. The maximum atomic E-state index is 13.0. The molecular formula is C12H17F2OSi. The van der Waals surface area contributed by atoms with E-state index >= 15 is 0 Å². The molecule has 1 rings (SSSR count). The van der Waals surface area contributed by atoms with Gasteiger partial charge in [0.25, 0.3) is 9.04 Å². The molecule has 0 aliphatic rings. The van der Waals surface area contributed by atoms with Crippen LogP contribution in [0.3, 0.4) is 0 Å². The van der Waals surface area contributed by atoms with Crippen molar-refractivity contribution in [2.45, 2.75) is 38.8 Å². The zero-order valence-corrected chi connectivity index (χ0v) is 11.1. The summed E-state index contributed by atoms with van der Waals surface area (Å²) in [5.41, 5.74) is 0.799. The Kier molecular flexibility index (Phi) is 4.47. The van der Waals surface area contributed by atoms with Gasteiger partial charge in [0, 0.05) is 18.2 Å². The first-order valence-electron chi connectivity index (χ1n) is 5.41. The monoisotopic (exact) mass is 243 g/mol. The molecule has 0 bridgehead atoms. The second-order valence-electron chi connectivity index (χ2n) is 4.42. The minimum Gasteiger partial charge on any atom is -0.541 e. The Balaban J connectivity index is 2.85. The Morgan fingerprint density at radius 1 is 0.938 bits per heavy atom. The molecule has 0 aliphatic carbocycles. The zero-order chi connectivity index (χ0) is 12.3. The summed E-state index contributed by atoms with van der Waals surface area (Å²) in [7, 11) is -1.10. The fraction of sp³-hybridized carbons (Fsp3) is 0.500. The highest BCUT2D eigenvalue weighted by Crippen LogP contribution is 2.25. The van der Waals surface area contributed by atoms with Gasteiger partial charge in [-0.15, -0.1) is 0 Å². The van der Waals surface area contributed by atoms with Gasteiger partial charge in [0.2, 0.25) is 0 Å². The summed E-state index contributed by atoms with van der Waals surface area (Å²) in [5, 5.41) is 0. The molecule has 0 N–H and O–H groups in total. The van der Waals surface area contributed by atoms with E-state index in [0.717, 1.165) is 6.07 Å². The first-order valence-corrected chi connectivity index (χ1v) is 6.97. The number of halogens is 2. The fourth-order valence-corrected chi connectivity index (χ4v) is 3.82. The summed E-state index contributed by atoms with van der Waals surface area (Å²) in [5.74, 6) is -0.887. The van der Waals surface area contributed by atoms with Crippen molar-refractivity contribution in [2.75, 3.05) is 0 Å². The summed E-state index contributed by atoms with van der Waals surface area (Å²) < 4.78 is 31.7. The van der Waals surface area contributed by atoms with E-state index in [1.54, 1.807) is 0 Å². The van der Waals surface area contributed by atoms with Gasteiger partial charge in [-0.05, 0) is 11.1 Å². The van der Waals surface area contributed by atoms with Crippen LogP contribution in [0, 0.1) is 11.6 Å². The summed E-state index contributed by atoms with van der Waals surface area (Å²) in [6.07, 6.45) is 0. The van der Waals surface area contributed by atoms with E-state index in [9.17, 15) is 8.78 Å². The molecule has 0 spiro atoms. The van der Waals surface area contributed by atoms with Gasteiger partial charge in [-0.3, -0.25) is 0 Å². The smallest absolute Gasteiger partial charge is 0.286 e. The molecule has 0 unspecified atom stereocenters. The summed E-state index contributed by atoms with van der Waals surface area (Å²) in [6.45, 7) is 8.29. The molecule has 0 atom stereocenters. The first kappa shape index (κ1) is 13.2. The molecule has 0 fully saturated rings. The van der Waals surface area contributed by atoms with Crippen molar-refractivity contribution in [3.63, 3.8) is 0 Å². The van der Waals surface area contributed by atoms with Crippen LogP contribution in [0.1, 0.15) is 27.7 Å². The quantitative estimate of drug-likeness (QED) is 0.722. The number of hydrogen-bond acceptors (Lipinski definition) is 1. The van der Waals surface area contributed by atoms with Crippen LogP contribution in [0.15, 0.2) is 18.2 Å². The summed E-state index contributed by atoms with van der Waals surface area (Å²) >= 11 is 0. The van der Waals surface area contributed by atoms with E-state index in [2.05, 4.69) is 27.7 Å². The van der Waals surface area contributed by atoms with Gasteiger partial charge >= 0.3 is 0 Å². The molecule has 0 saturated heterocycles. The van der Waals surface area contributed by atoms with Crippen molar-refractivity contribution in [1.82, 2.24) is 0 Å². The minimum absolute atomic E-state index is 0.300. The third kappa shape index (κ3) is 3.59. The molecule has 0 aliphatic heterocycles. The minimum atomic E-state index is -1.10. The third-order valence-electron chi connectivity index (χ3n) is 2.21. The van der Waals surface area contributed by atoms with Crippen LogP contribution in [-0.2, 0) is 0 Å². The number of rotatable bonds is 4. The highest BCUT2D eigenvalue weighted by Gasteiger charge is 2.24. The van der Waals surface area contributed by atoms with E-state index < -0.39 is 20.7 Å². The average Bonchev–Trinajstić information content (AvgIpc) is 2.11. The molecule has 89 valence electrons. The molecule has 1 aromatic carbocycles. The average molecular weight is 243 g/mol. The molecule has 0 heterocycles. The molecule has 1 aromatic rings. The fourth-order valence-electron chi connectivity index (χ4n) is 1.63. The van der Waals surface area contributed by atoms with Gasteiger partial charge in [0.15, 0.2) is 0 Å². The molecule has 4 heteroatoms. The summed E-state index contributed by atoms with van der Waals surface area (Å²) in [4.78, 5) is 0. The van der Waals surface area contributed by atoms with Crippen molar-refractivity contribution < 1.29 is 13.2 Å². The standard InChI is InChI=1S/C12H17F2OSi/c1-8(2)16(9(3)4)15-12-6-10(13)5-11(14)7-12/h5-9H,1-4H3. The van der Waals surface area contributed by atoms with Crippen molar-refractivity contribution >= 4 is 9.04 Å². The van der Waals surface area contributed by atoms with Crippen LogP contribution in [0.25, 0.3) is 0 Å². The van der Waals surface area contributed by atoms with Crippen LogP contribution in [0.5, 0.6) is 5.75 Å². The highest BCUT2D eigenvalue weighted by atomic mass is 28.3. The van der Waals surface area contributed by atoms with E-state index in [-0.39, 0.29) is 0 Å². The van der Waals surface area contributed by atoms with Gasteiger partial charge in [-0.25, -0.2) is 8.78 Å².